The number of aliphatic imine (C=N–C) groups is 1. The molecular formula is C24H30N8O. The summed E-state index contributed by atoms with van der Waals surface area (Å²) in [5, 5.41) is 22.9. The molecule has 0 aromatic carbocycles. The molecule has 0 saturated carbocycles. The zero-order chi connectivity index (χ0) is 23.8. The van der Waals surface area contributed by atoms with Gasteiger partial charge in [0.05, 0.1) is 30.9 Å². The van der Waals surface area contributed by atoms with E-state index in [0.717, 1.165) is 49.3 Å². The van der Waals surface area contributed by atoms with Crippen molar-refractivity contribution in [3.05, 3.63) is 35.8 Å². The standard InChI is InChI=1S/C24H30N8O/c1-16(29-19-5-7-30(8-6-19)22-14-31(15-27)24(22,2)3)20(11-26)17-9-21(33-4)23-18(10-25)12-28-32(23)13-17/h9,11-13,19,22H,5-8,14,26H2,1-4H3/b20-11+,29-16?/t22-/m0/s1. The third-order valence-corrected chi connectivity index (χ3v) is 7.09. The van der Waals surface area contributed by atoms with Crippen molar-refractivity contribution in [3.63, 3.8) is 0 Å². The van der Waals surface area contributed by atoms with Gasteiger partial charge in [0.25, 0.3) is 0 Å². The maximum absolute atomic E-state index is 9.34. The number of piperidine rings is 1. The second-order valence-electron chi connectivity index (χ2n) is 9.20. The molecule has 2 aromatic rings. The summed E-state index contributed by atoms with van der Waals surface area (Å²) in [5.74, 6) is 0.566. The summed E-state index contributed by atoms with van der Waals surface area (Å²) in [6.07, 6.45) is 9.18. The largest absolute Gasteiger partial charge is 0.494 e. The molecule has 0 bridgehead atoms. The Balaban J connectivity index is 1.49. The molecule has 172 valence electrons. The van der Waals surface area contributed by atoms with Crippen LogP contribution in [0.3, 0.4) is 0 Å². The van der Waals surface area contributed by atoms with E-state index in [-0.39, 0.29) is 11.6 Å². The lowest BCUT2D eigenvalue weighted by molar-refractivity contribution is -0.0570. The smallest absolute Gasteiger partial charge is 0.179 e. The molecule has 9 nitrogen and oxygen atoms in total. The van der Waals surface area contributed by atoms with Crippen LogP contribution in [0, 0.1) is 22.8 Å². The van der Waals surface area contributed by atoms with Crippen LogP contribution in [0.15, 0.2) is 29.7 Å². The normalized spacial score (nSPS) is 22.0. The first-order valence-electron chi connectivity index (χ1n) is 11.2. The predicted octanol–water partition coefficient (Wildman–Crippen LogP) is 2.38. The molecule has 9 heteroatoms. The van der Waals surface area contributed by atoms with Crippen molar-refractivity contribution in [1.29, 1.82) is 10.5 Å². The Morgan fingerprint density at radius 3 is 2.64 bits per heavy atom. The maximum Gasteiger partial charge on any atom is 0.179 e. The van der Waals surface area contributed by atoms with Crippen molar-refractivity contribution in [3.8, 4) is 18.0 Å². The van der Waals surface area contributed by atoms with Gasteiger partial charge in [0.15, 0.2) is 6.19 Å². The number of nitrogens with zero attached hydrogens (tertiary/aromatic N) is 7. The molecule has 4 rings (SSSR count). The first kappa shape index (κ1) is 22.6. The molecule has 2 fully saturated rings. The van der Waals surface area contributed by atoms with E-state index in [4.69, 9.17) is 15.5 Å². The van der Waals surface area contributed by atoms with Crippen molar-refractivity contribution < 1.29 is 4.74 Å². The lowest BCUT2D eigenvalue weighted by Crippen LogP contribution is -2.72. The fraction of sp³-hybridized carbons (Fsp3) is 0.500. The van der Waals surface area contributed by atoms with Crippen LogP contribution in [0.2, 0.25) is 0 Å². The maximum atomic E-state index is 9.34. The fourth-order valence-corrected chi connectivity index (χ4v) is 5.00. The Hall–Kier alpha value is -3.56. The second-order valence-corrected chi connectivity index (χ2v) is 9.20. The topological polar surface area (TPSA) is 119 Å². The zero-order valence-corrected chi connectivity index (χ0v) is 19.6. The Bertz CT molecular complexity index is 1190. The summed E-state index contributed by atoms with van der Waals surface area (Å²) in [6.45, 7) is 9.01. The lowest BCUT2D eigenvalue weighted by Gasteiger charge is -2.57. The zero-order valence-electron chi connectivity index (χ0n) is 19.6. The van der Waals surface area contributed by atoms with Crippen LogP contribution in [-0.4, -0.2) is 69.5 Å². The average Bonchev–Trinajstić information content (AvgIpc) is 3.23. The Labute approximate surface area is 194 Å². The van der Waals surface area contributed by atoms with Gasteiger partial charge < -0.3 is 15.4 Å². The van der Waals surface area contributed by atoms with Gasteiger partial charge in [0.1, 0.15) is 22.9 Å². The van der Waals surface area contributed by atoms with Crippen molar-refractivity contribution in [2.75, 3.05) is 26.7 Å². The average molecular weight is 447 g/mol. The van der Waals surface area contributed by atoms with E-state index in [1.54, 1.807) is 17.8 Å². The first-order valence-corrected chi connectivity index (χ1v) is 11.2. The summed E-state index contributed by atoms with van der Waals surface area (Å²) in [6, 6.07) is 4.66. The fourth-order valence-electron chi connectivity index (χ4n) is 5.00. The molecule has 2 N–H and O–H groups in total. The third kappa shape index (κ3) is 3.90. The molecule has 33 heavy (non-hydrogen) atoms. The third-order valence-electron chi connectivity index (χ3n) is 7.09. The number of fused-ring (bicyclic) bond motifs is 1. The predicted molar refractivity (Wildman–Crippen MR) is 127 cm³/mol. The summed E-state index contributed by atoms with van der Waals surface area (Å²) in [4.78, 5) is 9.36. The molecule has 2 saturated heterocycles. The van der Waals surface area contributed by atoms with Crippen LogP contribution in [0.1, 0.15) is 44.7 Å². The van der Waals surface area contributed by atoms with E-state index in [0.29, 0.717) is 22.9 Å². The summed E-state index contributed by atoms with van der Waals surface area (Å²) >= 11 is 0. The van der Waals surface area contributed by atoms with Gasteiger partial charge >= 0.3 is 0 Å². The molecule has 0 radical (unpaired) electrons. The number of nitriles is 2. The number of hydrogen-bond acceptors (Lipinski definition) is 8. The van der Waals surface area contributed by atoms with Crippen molar-refractivity contribution in [2.24, 2.45) is 10.7 Å². The molecule has 2 aromatic heterocycles. The van der Waals surface area contributed by atoms with Crippen molar-refractivity contribution >= 4 is 16.8 Å². The van der Waals surface area contributed by atoms with Gasteiger partial charge in [-0.1, -0.05) is 0 Å². The van der Waals surface area contributed by atoms with Gasteiger partial charge in [-0.2, -0.15) is 15.6 Å². The van der Waals surface area contributed by atoms with E-state index < -0.39 is 0 Å². The highest BCUT2D eigenvalue weighted by atomic mass is 16.5. The highest BCUT2D eigenvalue weighted by molar-refractivity contribution is 6.22. The number of likely N-dealkylation sites (tertiary alicyclic amines) is 2. The number of ether oxygens (including phenoxy) is 1. The minimum Gasteiger partial charge on any atom is -0.494 e. The summed E-state index contributed by atoms with van der Waals surface area (Å²) < 4.78 is 7.17. The minimum absolute atomic E-state index is 0.105. The SMILES string of the molecule is COc1cc(/C(=C/N)C(C)=NC2CCN([C@H]3CN(C#N)C3(C)C)CC2)cn2ncc(C#N)c12. The molecule has 0 aliphatic carbocycles. The molecular weight excluding hydrogens is 416 g/mol. The monoisotopic (exact) mass is 446 g/mol. The van der Waals surface area contributed by atoms with Gasteiger partial charge in [0, 0.05) is 48.9 Å². The number of pyridine rings is 1. The van der Waals surface area contributed by atoms with Crippen LogP contribution in [0.5, 0.6) is 5.75 Å². The highest BCUT2D eigenvalue weighted by Crippen LogP contribution is 2.35. The van der Waals surface area contributed by atoms with Crippen molar-refractivity contribution in [1.82, 2.24) is 19.4 Å². The summed E-state index contributed by atoms with van der Waals surface area (Å²) in [5.41, 5.74) is 9.52. The number of aromatic nitrogens is 2. The van der Waals surface area contributed by atoms with Crippen LogP contribution in [0.4, 0.5) is 0 Å². The highest BCUT2D eigenvalue weighted by Gasteiger charge is 2.49. The molecule has 1 atom stereocenters. The van der Waals surface area contributed by atoms with Gasteiger partial charge in [-0.25, -0.2) is 4.52 Å². The van der Waals surface area contributed by atoms with E-state index in [9.17, 15) is 10.5 Å². The molecule has 0 amide bonds. The van der Waals surface area contributed by atoms with E-state index >= 15 is 0 Å². The Kier molecular flexibility index (Phi) is 6.01. The molecule has 0 unspecified atom stereocenters. The van der Waals surface area contributed by atoms with Crippen LogP contribution >= 0.6 is 0 Å². The quantitative estimate of drug-likeness (QED) is 0.553. The number of methoxy groups -OCH3 is 1. The number of allylic oxidation sites excluding steroid dienone is 1. The molecule has 4 heterocycles. The minimum atomic E-state index is -0.105. The second kappa shape index (κ2) is 8.76. The van der Waals surface area contributed by atoms with Crippen LogP contribution in [0.25, 0.3) is 11.1 Å². The van der Waals surface area contributed by atoms with Gasteiger partial charge in [-0.05, 0) is 39.7 Å². The van der Waals surface area contributed by atoms with E-state index in [1.165, 1.54) is 6.20 Å². The summed E-state index contributed by atoms with van der Waals surface area (Å²) in [7, 11) is 1.58. The van der Waals surface area contributed by atoms with E-state index in [2.05, 4.69) is 36.1 Å². The van der Waals surface area contributed by atoms with Gasteiger partial charge in [-0.3, -0.25) is 9.89 Å². The van der Waals surface area contributed by atoms with Gasteiger partial charge in [0.2, 0.25) is 0 Å². The van der Waals surface area contributed by atoms with E-state index in [1.807, 2.05) is 24.1 Å². The van der Waals surface area contributed by atoms with Crippen LogP contribution < -0.4 is 10.5 Å². The van der Waals surface area contributed by atoms with Gasteiger partial charge in [-0.15, -0.1) is 0 Å². The number of nitrogens with two attached hydrogens (primary N) is 1. The molecule has 2 aliphatic rings. The lowest BCUT2D eigenvalue weighted by atomic mass is 9.81. The number of hydrogen-bond donors (Lipinski definition) is 1. The first-order chi connectivity index (χ1) is 15.8. The van der Waals surface area contributed by atoms with Crippen molar-refractivity contribution in [2.45, 2.75) is 51.2 Å². The molecule has 2 aliphatic heterocycles. The Morgan fingerprint density at radius 2 is 2.06 bits per heavy atom. The van der Waals surface area contributed by atoms with Crippen LogP contribution in [-0.2, 0) is 0 Å². The Morgan fingerprint density at radius 1 is 1.33 bits per heavy atom. The number of rotatable bonds is 5. The molecule has 0 spiro atoms.